The zero-order valence-electron chi connectivity index (χ0n) is 21.3. The molecule has 0 atom stereocenters. The molecule has 1 heterocycles. The summed E-state index contributed by atoms with van der Waals surface area (Å²) in [6.45, 7) is 0. The number of alkyl halides is 3. The van der Waals surface area contributed by atoms with Gasteiger partial charge < -0.3 is 20.1 Å². The van der Waals surface area contributed by atoms with Crippen LogP contribution in [-0.2, 0) is 6.18 Å². The molecule has 0 saturated heterocycles. The van der Waals surface area contributed by atoms with Crippen molar-refractivity contribution in [3.05, 3.63) is 60.3 Å². The molecule has 1 aromatic heterocycles. The maximum atomic E-state index is 13.8. The lowest BCUT2D eigenvalue weighted by molar-refractivity contribution is -0.137. The summed E-state index contributed by atoms with van der Waals surface area (Å²) < 4.78 is 53.7. The van der Waals surface area contributed by atoms with Crippen LogP contribution in [-0.4, -0.2) is 22.2 Å². The first-order valence-electron chi connectivity index (χ1n) is 13.4. The standard InChI is InChI=1S/C29H33F3N4O2/c30-29(31,32)24-19-33-28(34-20-15-17-23(18-16-20)37-21-9-3-1-4-10-21)36-27(24)35-25-13-7-8-14-26(25)38-22-11-5-2-6-12-22/h7-8,13-19,21-22H,1-6,9-12H2,(H2,33,34,35,36). The van der Waals surface area contributed by atoms with Crippen molar-refractivity contribution in [2.45, 2.75) is 82.6 Å². The van der Waals surface area contributed by atoms with Gasteiger partial charge in [0, 0.05) is 11.9 Å². The van der Waals surface area contributed by atoms with E-state index in [-0.39, 0.29) is 24.0 Å². The fourth-order valence-corrected chi connectivity index (χ4v) is 5.03. The molecule has 5 rings (SSSR count). The Balaban J connectivity index is 1.33. The summed E-state index contributed by atoms with van der Waals surface area (Å²) in [7, 11) is 0. The lowest BCUT2D eigenvalue weighted by Gasteiger charge is -2.24. The molecule has 2 aliphatic carbocycles. The van der Waals surface area contributed by atoms with Crippen molar-refractivity contribution in [1.29, 1.82) is 0 Å². The minimum Gasteiger partial charge on any atom is -0.490 e. The number of rotatable bonds is 8. The number of anilines is 4. The second-order valence-electron chi connectivity index (χ2n) is 9.98. The lowest BCUT2D eigenvalue weighted by atomic mass is 9.98. The fourth-order valence-electron chi connectivity index (χ4n) is 5.03. The highest BCUT2D eigenvalue weighted by atomic mass is 19.4. The van der Waals surface area contributed by atoms with Crippen LogP contribution in [0.15, 0.2) is 54.7 Å². The number of hydrogen-bond donors (Lipinski definition) is 2. The number of nitrogens with one attached hydrogen (secondary N) is 2. The van der Waals surface area contributed by atoms with E-state index in [1.54, 1.807) is 30.3 Å². The maximum Gasteiger partial charge on any atom is 0.421 e. The predicted octanol–water partition coefficient (Wildman–Crippen LogP) is 8.41. The van der Waals surface area contributed by atoms with Gasteiger partial charge in [-0.15, -0.1) is 0 Å². The Morgan fingerprint density at radius 1 is 0.737 bits per heavy atom. The Bertz CT molecular complexity index is 1190. The Kier molecular flexibility index (Phi) is 8.20. The van der Waals surface area contributed by atoms with Gasteiger partial charge in [-0.3, -0.25) is 0 Å². The van der Waals surface area contributed by atoms with Crippen molar-refractivity contribution < 1.29 is 22.6 Å². The van der Waals surface area contributed by atoms with Crippen molar-refractivity contribution in [2.24, 2.45) is 0 Å². The van der Waals surface area contributed by atoms with Gasteiger partial charge in [0.05, 0.1) is 17.9 Å². The number of ether oxygens (including phenoxy) is 2. The molecule has 2 fully saturated rings. The summed E-state index contributed by atoms with van der Waals surface area (Å²) in [4.78, 5) is 8.12. The van der Waals surface area contributed by atoms with Crippen molar-refractivity contribution >= 4 is 23.1 Å². The minimum atomic E-state index is -4.63. The quantitative estimate of drug-likeness (QED) is 0.307. The molecule has 0 bridgehead atoms. The van der Waals surface area contributed by atoms with Crippen LogP contribution in [0.5, 0.6) is 11.5 Å². The molecular weight excluding hydrogens is 493 g/mol. The smallest absolute Gasteiger partial charge is 0.421 e. The Morgan fingerprint density at radius 2 is 1.37 bits per heavy atom. The molecule has 2 aliphatic rings. The summed E-state index contributed by atoms with van der Waals surface area (Å²) in [6.07, 6.45) is 7.44. The summed E-state index contributed by atoms with van der Waals surface area (Å²) in [5, 5.41) is 5.87. The van der Waals surface area contributed by atoms with Gasteiger partial charge in [0.15, 0.2) is 0 Å². The van der Waals surface area contributed by atoms with Crippen LogP contribution in [0.25, 0.3) is 0 Å². The van der Waals surface area contributed by atoms with Crippen LogP contribution in [0.3, 0.4) is 0 Å². The molecule has 0 spiro atoms. The average Bonchev–Trinajstić information content (AvgIpc) is 2.92. The van der Waals surface area contributed by atoms with Crippen LogP contribution in [0.4, 0.5) is 36.3 Å². The highest BCUT2D eigenvalue weighted by molar-refractivity contribution is 5.67. The van der Waals surface area contributed by atoms with E-state index in [1.807, 2.05) is 18.2 Å². The number of benzene rings is 2. The fraction of sp³-hybridized carbons (Fsp3) is 0.448. The number of para-hydroxylation sites is 2. The highest BCUT2D eigenvalue weighted by Gasteiger charge is 2.35. The van der Waals surface area contributed by atoms with Crippen molar-refractivity contribution in [2.75, 3.05) is 10.6 Å². The zero-order valence-corrected chi connectivity index (χ0v) is 21.3. The molecule has 3 aromatic rings. The van der Waals surface area contributed by atoms with Gasteiger partial charge in [0.1, 0.15) is 22.9 Å². The van der Waals surface area contributed by atoms with Gasteiger partial charge in [-0.1, -0.05) is 25.0 Å². The molecule has 38 heavy (non-hydrogen) atoms. The van der Waals surface area contributed by atoms with Crippen LogP contribution in [0.1, 0.15) is 69.8 Å². The monoisotopic (exact) mass is 526 g/mol. The third kappa shape index (κ3) is 6.88. The first-order valence-corrected chi connectivity index (χ1v) is 13.4. The van der Waals surface area contributed by atoms with Crippen LogP contribution >= 0.6 is 0 Å². The second kappa shape index (κ2) is 11.9. The summed E-state index contributed by atoms with van der Waals surface area (Å²) >= 11 is 0. The summed E-state index contributed by atoms with van der Waals surface area (Å²) in [5.41, 5.74) is 0.122. The Labute approximate surface area is 221 Å². The molecule has 2 aromatic carbocycles. The van der Waals surface area contributed by atoms with Crippen molar-refractivity contribution in [3.63, 3.8) is 0 Å². The minimum absolute atomic E-state index is 0.0483. The van der Waals surface area contributed by atoms with Crippen molar-refractivity contribution in [3.8, 4) is 11.5 Å². The SMILES string of the molecule is FC(F)(F)c1cnc(Nc2ccc(OC3CCCCC3)cc2)nc1Nc1ccccc1OC1CCCCC1. The van der Waals surface area contributed by atoms with E-state index in [1.165, 1.54) is 25.7 Å². The molecule has 202 valence electrons. The molecule has 0 radical (unpaired) electrons. The molecule has 6 nitrogen and oxygen atoms in total. The predicted molar refractivity (Wildman–Crippen MR) is 141 cm³/mol. The highest BCUT2D eigenvalue weighted by Crippen LogP contribution is 2.38. The number of hydrogen-bond acceptors (Lipinski definition) is 6. The van der Waals surface area contributed by atoms with Gasteiger partial charge in [0.2, 0.25) is 5.95 Å². The van der Waals surface area contributed by atoms with Gasteiger partial charge >= 0.3 is 6.18 Å². The number of nitrogens with zero attached hydrogens (tertiary/aromatic N) is 2. The van der Waals surface area contributed by atoms with Gasteiger partial charge in [0.25, 0.3) is 0 Å². The van der Waals surface area contributed by atoms with Crippen molar-refractivity contribution in [1.82, 2.24) is 9.97 Å². The molecule has 2 N–H and O–H groups in total. The normalized spacial score (nSPS) is 17.1. The van der Waals surface area contributed by atoms with Gasteiger partial charge in [-0.05, 0) is 87.8 Å². The molecular formula is C29H33F3N4O2. The van der Waals surface area contributed by atoms with E-state index in [0.717, 1.165) is 50.5 Å². The second-order valence-corrected chi connectivity index (χ2v) is 9.98. The topological polar surface area (TPSA) is 68.3 Å². The van der Waals surface area contributed by atoms with Crippen LogP contribution in [0.2, 0.25) is 0 Å². The molecule has 2 saturated carbocycles. The van der Waals surface area contributed by atoms with Crippen LogP contribution in [0, 0.1) is 0 Å². The zero-order chi connectivity index (χ0) is 26.4. The van der Waals surface area contributed by atoms with E-state index in [9.17, 15) is 13.2 Å². The first-order chi connectivity index (χ1) is 18.4. The maximum absolute atomic E-state index is 13.8. The largest absolute Gasteiger partial charge is 0.490 e. The van der Waals surface area contributed by atoms with E-state index in [4.69, 9.17) is 9.47 Å². The molecule has 0 amide bonds. The third-order valence-electron chi connectivity index (χ3n) is 7.05. The average molecular weight is 527 g/mol. The van der Waals surface area contributed by atoms with Gasteiger partial charge in [-0.2, -0.15) is 18.2 Å². The molecule has 0 unspecified atom stereocenters. The Morgan fingerprint density at radius 3 is 2.03 bits per heavy atom. The van der Waals surface area contributed by atoms with E-state index in [0.29, 0.717) is 17.1 Å². The lowest BCUT2D eigenvalue weighted by Crippen LogP contribution is -2.20. The molecule has 9 heteroatoms. The van der Waals surface area contributed by atoms with E-state index >= 15 is 0 Å². The van der Waals surface area contributed by atoms with E-state index in [2.05, 4.69) is 20.6 Å². The third-order valence-corrected chi connectivity index (χ3v) is 7.05. The summed E-state index contributed by atoms with van der Waals surface area (Å²) in [6, 6.07) is 14.3. The Hall–Kier alpha value is -3.49. The summed E-state index contributed by atoms with van der Waals surface area (Å²) in [5.74, 6) is 0.987. The van der Waals surface area contributed by atoms with E-state index < -0.39 is 11.7 Å². The first kappa shape index (κ1) is 26.1. The van der Waals surface area contributed by atoms with Gasteiger partial charge in [-0.25, -0.2) is 4.98 Å². The molecule has 0 aliphatic heterocycles. The van der Waals surface area contributed by atoms with Crippen LogP contribution < -0.4 is 20.1 Å². The number of aromatic nitrogens is 2. The number of halogens is 3.